The van der Waals surface area contributed by atoms with Crippen LogP contribution in [0.2, 0.25) is 0 Å². The summed E-state index contributed by atoms with van der Waals surface area (Å²) in [6.45, 7) is 0.670. The summed E-state index contributed by atoms with van der Waals surface area (Å²) in [7, 11) is 4.59. The smallest absolute Gasteiger partial charge is 0.330 e. The van der Waals surface area contributed by atoms with E-state index in [0.29, 0.717) is 36.8 Å². The molecule has 0 aliphatic carbocycles. The molecule has 0 unspecified atom stereocenters. The first-order chi connectivity index (χ1) is 17.4. The number of nitrogens with one attached hydrogen (secondary N) is 2. The first-order valence-corrected chi connectivity index (χ1v) is 11.3. The molecule has 0 aliphatic heterocycles. The number of carbonyl (C=O) groups excluding carboxylic acids is 1. The zero-order valence-corrected chi connectivity index (χ0v) is 20.6. The summed E-state index contributed by atoms with van der Waals surface area (Å²) in [5.74, 6) is 0.591. The van der Waals surface area contributed by atoms with Gasteiger partial charge >= 0.3 is 5.69 Å². The molecule has 1 amide bonds. The molecule has 4 N–H and O–H groups in total. The van der Waals surface area contributed by atoms with Crippen molar-refractivity contribution in [2.45, 2.75) is 13.0 Å². The van der Waals surface area contributed by atoms with Gasteiger partial charge in [-0.15, -0.1) is 0 Å². The summed E-state index contributed by atoms with van der Waals surface area (Å²) < 4.78 is 16.9. The topological polar surface area (TPSA) is 141 Å². The van der Waals surface area contributed by atoms with Crippen LogP contribution in [0.5, 0.6) is 11.5 Å². The predicted octanol–water partition coefficient (Wildman–Crippen LogP) is 1.67. The van der Waals surface area contributed by atoms with Crippen LogP contribution in [0.4, 0.5) is 17.2 Å². The highest BCUT2D eigenvalue weighted by Crippen LogP contribution is 2.26. The van der Waals surface area contributed by atoms with Gasteiger partial charge in [0.05, 0.1) is 27.3 Å². The van der Waals surface area contributed by atoms with Crippen molar-refractivity contribution in [2.75, 3.05) is 57.0 Å². The summed E-state index contributed by atoms with van der Waals surface area (Å²) >= 11 is 0. The number of ether oxygens (including phenoxy) is 3. The number of anilines is 3. The third-order valence-corrected chi connectivity index (χ3v) is 5.46. The predicted molar refractivity (Wildman–Crippen MR) is 138 cm³/mol. The summed E-state index contributed by atoms with van der Waals surface area (Å²) in [4.78, 5) is 42.3. The SMILES string of the molecule is COCCCN(CC(=O)Nc1cc(OC)cc(OC)c1)c1c(N)n(Cc2ccccc2)c(=O)[nH]c1=O. The molecular weight excluding hydrogens is 466 g/mol. The van der Waals surface area contributed by atoms with Gasteiger partial charge in [0.2, 0.25) is 5.91 Å². The van der Waals surface area contributed by atoms with E-state index < -0.39 is 17.2 Å². The fourth-order valence-electron chi connectivity index (χ4n) is 3.73. The average Bonchev–Trinajstić information content (AvgIpc) is 2.86. The number of rotatable bonds is 12. The molecule has 3 rings (SSSR count). The molecule has 0 bridgehead atoms. The fourth-order valence-corrected chi connectivity index (χ4v) is 3.73. The molecule has 192 valence electrons. The molecule has 36 heavy (non-hydrogen) atoms. The van der Waals surface area contributed by atoms with Gasteiger partial charge in [0.1, 0.15) is 23.0 Å². The number of nitrogens with two attached hydrogens (primary N) is 1. The molecule has 1 aromatic heterocycles. The van der Waals surface area contributed by atoms with E-state index in [9.17, 15) is 14.4 Å². The Labute approximate surface area is 208 Å². The molecule has 0 fully saturated rings. The van der Waals surface area contributed by atoms with Gasteiger partial charge in [-0.2, -0.15) is 0 Å². The van der Waals surface area contributed by atoms with Gasteiger partial charge in [0.25, 0.3) is 5.56 Å². The van der Waals surface area contributed by atoms with E-state index in [4.69, 9.17) is 19.9 Å². The number of benzene rings is 2. The van der Waals surface area contributed by atoms with Crippen molar-refractivity contribution in [2.24, 2.45) is 0 Å². The minimum Gasteiger partial charge on any atom is -0.497 e. The van der Waals surface area contributed by atoms with E-state index in [1.54, 1.807) is 30.2 Å². The zero-order valence-electron chi connectivity index (χ0n) is 20.6. The van der Waals surface area contributed by atoms with E-state index in [0.717, 1.165) is 5.56 Å². The van der Waals surface area contributed by atoms with Crippen LogP contribution in [0.15, 0.2) is 58.1 Å². The third kappa shape index (κ3) is 6.66. The fraction of sp³-hybridized carbons (Fsp3) is 0.320. The van der Waals surface area contributed by atoms with Crippen molar-refractivity contribution in [3.05, 3.63) is 74.9 Å². The Morgan fingerprint density at radius 2 is 1.72 bits per heavy atom. The number of aromatic amines is 1. The highest BCUT2D eigenvalue weighted by atomic mass is 16.5. The molecule has 0 aliphatic rings. The minimum absolute atomic E-state index is 0.0270. The van der Waals surface area contributed by atoms with Gasteiger partial charge in [-0.1, -0.05) is 30.3 Å². The molecule has 0 atom stereocenters. The highest BCUT2D eigenvalue weighted by Gasteiger charge is 2.21. The molecular formula is C25H31N5O6. The molecule has 0 spiro atoms. The first-order valence-electron chi connectivity index (χ1n) is 11.3. The maximum atomic E-state index is 13.0. The van der Waals surface area contributed by atoms with Gasteiger partial charge < -0.3 is 30.2 Å². The number of hydrogen-bond acceptors (Lipinski definition) is 8. The number of hydrogen-bond donors (Lipinski definition) is 3. The normalized spacial score (nSPS) is 10.6. The standard InChI is InChI=1S/C25H31N5O6/c1-34-11-7-10-29(16-21(31)27-18-12-19(35-2)14-20(13-18)36-3)22-23(26)30(25(33)28-24(22)32)15-17-8-5-4-6-9-17/h4-6,8-9,12-14H,7,10-11,15-16,26H2,1-3H3,(H,27,31)(H,28,32,33). The Bertz CT molecular complexity index is 1270. The van der Waals surface area contributed by atoms with Gasteiger partial charge in [0, 0.05) is 44.1 Å². The second-order valence-corrected chi connectivity index (χ2v) is 7.98. The maximum Gasteiger partial charge on any atom is 0.330 e. The molecule has 3 aromatic rings. The Balaban J connectivity index is 1.92. The number of methoxy groups -OCH3 is 3. The van der Waals surface area contributed by atoms with E-state index in [1.807, 2.05) is 30.3 Å². The van der Waals surface area contributed by atoms with Crippen LogP contribution in [0.1, 0.15) is 12.0 Å². The van der Waals surface area contributed by atoms with Gasteiger partial charge in [0.15, 0.2) is 0 Å². The number of amides is 1. The van der Waals surface area contributed by atoms with Crippen LogP contribution in [-0.4, -0.2) is 56.5 Å². The van der Waals surface area contributed by atoms with Crippen LogP contribution >= 0.6 is 0 Å². The lowest BCUT2D eigenvalue weighted by molar-refractivity contribution is -0.115. The Morgan fingerprint density at radius 1 is 1.06 bits per heavy atom. The van der Waals surface area contributed by atoms with E-state index in [-0.39, 0.29) is 24.6 Å². The van der Waals surface area contributed by atoms with Crippen LogP contribution in [0.25, 0.3) is 0 Å². The molecule has 0 radical (unpaired) electrons. The number of nitrogen functional groups attached to an aromatic ring is 1. The molecule has 11 nitrogen and oxygen atoms in total. The van der Waals surface area contributed by atoms with Crippen molar-refractivity contribution in [3.63, 3.8) is 0 Å². The van der Waals surface area contributed by atoms with Crippen molar-refractivity contribution in [1.82, 2.24) is 9.55 Å². The number of aromatic nitrogens is 2. The second-order valence-electron chi connectivity index (χ2n) is 7.98. The zero-order chi connectivity index (χ0) is 26.1. The quantitative estimate of drug-likeness (QED) is 0.321. The van der Waals surface area contributed by atoms with E-state index in [2.05, 4.69) is 10.3 Å². The molecule has 0 saturated carbocycles. The molecule has 2 aromatic carbocycles. The molecule has 0 saturated heterocycles. The lowest BCUT2D eigenvalue weighted by Gasteiger charge is -2.26. The lowest BCUT2D eigenvalue weighted by atomic mass is 10.2. The summed E-state index contributed by atoms with van der Waals surface area (Å²) in [6, 6.07) is 14.2. The second kappa shape index (κ2) is 12.5. The van der Waals surface area contributed by atoms with Crippen LogP contribution in [-0.2, 0) is 16.1 Å². The summed E-state index contributed by atoms with van der Waals surface area (Å²) in [5.41, 5.74) is 6.38. The minimum atomic E-state index is -0.671. The number of H-pyrrole nitrogens is 1. The van der Waals surface area contributed by atoms with Crippen molar-refractivity contribution in [3.8, 4) is 11.5 Å². The van der Waals surface area contributed by atoms with Crippen molar-refractivity contribution >= 4 is 23.1 Å². The van der Waals surface area contributed by atoms with Crippen molar-refractivity contribution < 1.29 is 19.0 Å². The third-order valence-electron chi connectivity index (χ3n) is 5.46. The summed E-state index contributed by atoms with van der Waals surface area (Å²) in [5, 5.41) is 2.79. The monoisotopic (exact) mass is 497 g/mol. The van der Waals surface area contributed by atoms with Crippen LogP contribution < -0.4 is 36.7 Å². The van der Waals surface area contributed by atoms with E-state index in [1.165, 1.54) is 18.8 Å². The lowest BCUT2D eigenvalue weighted by Crippen LogP contribution is -2.42. The Morgan fingerprint density at radius 3 is 2.33 bits per heavy atom. The van der Waals surface area contributed by atoms with Crippen LogP contribution in [0.3, 0.4) is 0 Å². The number of nitrogens with zero attached hydrogens (tertiary/aromatic N) is 2. The molecule has 1 heterocycles. The van der Waals surface area contributed by atoms with Crippen molar-refractivity contribution in [1.29, 1.82) is 0 Å². The Hall–Kier alpha value is -4.25. The summed E-state index contributed by atoms with van der Waals surface area (Å²) in [6.07, 6.45) is 0.521. The van der Waals surface area contributed by atoms with Gasteiger partial charge in [-0.3, -0.25) is 19.1 Å². The van der Waals surface area contributed by atoms with Gasteiger partial charge in [-0.25, -0.2) is 4.79 Å². The Kier molecular flexibility index (Phi) is 9.12. The largest absolute Gasteiger partial charge is 0.497 e. The van der Waals surface area contributed by atoms with E-state index >= 15 is 0 Å². The highest BCUT2D eigenvalue weighted by molar-refractivity contribution is 5.94. The average molecular weight is 498 g/mol. The molecule has 11 heteroatoms. The number of carbonyl (C=O) groups is 1. The first kappa shape index (κ1) is 26.4. The van der Waals surface area contributed by atoms with Crippen LogP contribution in [0, 0.1) is 0 Å². The van der Waals surface area contributed by atoms with Gasteiger partial charge in [-0.05, 0) is 12.0 Å². The maximum absolute atomic E-state index is 13.0.